The van der Waals surface area contributed by atoms with Gasteiger partial charge in [-0.05, 0) is 36.4 Å². The summed E-state index contributed by atoms with van der Waals surface area (Å²) >= 11 is 5.81. The molecule has 0 spiro atoms. The summed E-state index contributed by atoms with van der Waals surface area (Å²) in [6.07, 6.45) is 1.72. The van der Waals surface area contributed by atoms with Crippen molar-refractivity contribution in [1.29, 1.82) is 0 Å². The Balaban J connectivity index is 1.52. The van der Waals surface area contributed by atoms with E-state index in [1.54, 1.807) is 18.3 Å². The minimum Gasteiger partial charge on any atom is -0.481 e. The average molecular weight is 387 g/mol. The van der Waals surface area contributed by atoms with Crippen molar-refractivity contribution in [2.24, 2.45) is 0 Å². The Morgan fingerprint density at radius 1 is 1.08 bits per heavy atom. The van der Waals surface area contributed by atoms with Crippen LogP contribution in [0.2, 0.25) is 5.02 Å². The van der Waals surface area contributed by atoms with E-state index in [0.717, 1.165) is 10.9 Å². The van der Waals surface area contributed by atoms with Gasteiger partial charge < -0.3 is 4.74 Å². The molecule has 0 aliphatic rings. The van der Waals surface area contributed by atoms with E-state index in [2.05, 4.69) is 21.5 Å². The van der Waals surface area contributed by atoms with Crippen LogP contribution in [-0.2, 0) is 10.0 Å². The van der Waals surface area contributed by atoms with Crippen molar-refractivity contribution in [2.75, 3.05) is 13.2 Å². The Bertz CT molecular complexity index is 1090. The van der Waals surface area contributed by atoms with Crippen LogP contribution < -0.4 is 9.46 Å². The molecule has 0 aliphatic heterocycles. The maximum Gasteiger partial charge on any atom is 0.241 e. The second-order valence-electron chi connectivity index (χ2n) is 5.28. The predicted molar refractivity (Wildman–Crippen MR) is 102 cm³/mol. The lowest BCUT2D eigenvalue weighted by atomic mass is 10.2. The van der Waals surface area contributed by atoms with E-state index >= 15 is 0 Å². The topological polar surface area (TPSA) is 68.3 Å². The van der Waals surface area contributed by atoms with Crippen LogP contribution >= 0.6 is 11.6 Å². The molecule has 3 aromatic rings. The van der Waals surface area contributed by atoms with Crippen LogP contribution in [0.4, 0.5) is 0 Å². The van der Waals surface area contributed by atoms with Crippen LogP contribution in [-0.4, -0.2) is 26.6 Å². The molecule has 5 nitrogen and oxygen atoms in total. The molecule has 132 valence electrons. The summed E-state index contributed by atoms with van der Waals surface area (Å²) in [4.78, 5) is 4.36. The average Bonchev–Trinajstić information content (AvgIpc) is 2.64. The summed E-state index contributed by atoms with van der Waals surface area (Å²) in [5, 5.41) is 1.39. The number of sulfonamides is 1. The van der Waals surface area contributed by atoms with Crippen LogP contribution in [0.25, 0.3) is 10.9 Å². The second kappa shape index (κ2) is 8.19. The summed E-state index contributed by atoms with van der Waals surface area (Å²) in [5.41, 5.74) is 0.840. The molecule has 0 fully saturated rings. The predicted octanol–water partition coefficient (Wildman–Crippen LogP) is 3.25. The van der Waals surface area contributed by atoms with Gasteiger partial charge in [-0.25, -0.2) is 8.42 Å². The van der Waals surface area contributed by atoms with Gasteiger partial charge in [0, 0.05) is 22.7 Å². The molecule has 1 N–H and O–H groups in total. The number of pyridine rings is 1. The van der Waals surface area contributed by atoms with Crippen molar-refractivity contribution < 1.29 is 13.2 Å². The number of hydrogen-bond donors (Lipinski definition) is 1. The van der Waals surface area contributed by atoms with Crippen molar-refractivity contribution in [3.8, 4) is 17.6 Å². The fraction of sp³-hybridized carbons (Fsp3) is 0.105. The monoisotopic (exact) mass is 386 g/mol. The number of aromatic nitrogens is 1. The quantitative estimate of drug-likeness (QED) is 0.683. The van der Waals surface area contributed by atoms with Crippen molar-refractivity contribution in [2.45, 2.75) is 4.90 Å². The zero-order valence-corrected chi connectivity index (χ0v) is 15.2. The van der Waals surface area contributed by atoms with Crippen molar-refractivity contribution in [3.63, 3.8) is 0 Å². The van der Waals surface area contributed by atoms with Gasteiger partial charge in [-0.15, -0.1) is 0 Å². The van der Waals surface area contributed by atoms with Gasteiger partial charge in [0.2, 0.25) is 10.0 Å². The summed E-state index contributed by atoms with van der Waals surface area (Å²) in [6.45, 7) is 0.134. The van der Waals surface area contributed by atoms with Gasteiger partial charge in [-0.3, -0.25) is 4.98 Å². The number of benzene rings is 2. The highest BCUT2D eigenvalue weighted by molar-refractivity contribution is 7.89. The van der Waals surface area contributed by atoms with E-state index in [0.29, 0.717) is 10.8 Å². The first kappa shape index (κ1) is 18.2. The molecule has 1 heterocycles. The van der Waals surface area contributed by atoms with E-state index in [9.17, 15) is 8.42 Å². The highest BCUT2D eigenvalue weighted by atomic mass is 35.5. The fourth-order valence-corrected chi connectivity index (χ4v) is 3.44. The van der Waals surface area contributed by atoms with Gasteiger partial charge >= 0.3 is 0 Å². The Morgan fingerprint density at radius 3 is 2.81 bits per heavy atom. The van der Waals surface area contributed by atoms with Crippen molar-refractivity contribution >= 4 is 32.5 Å². The molecule has 0 saturated carbocycles. The first-order chi connectivity index (χ1) is 12.5. The van der Waals surface area contributed by atoms with Crippen LogP contribution in [0, 0.1) is 11.8 Å². The third kappa shape index (κ3) is 4.73. The van der Waals surface area contributed by atoms with E-state index in [4.69, 9.17) is 16.3 Å². The third-order valence-electron chi connectivity index (χ3n) is 3.47. The first-order valence-electron chi connectivity index (χ1n) is 7.73. The largest absolute Gasteiger partial charge is 0.481 e. The zero-order valence-electron chi connectivity index (χ0n) is 13.6. The first-order valence-corrected chi connectivity index (χ1v) is 9.59. The lowest BCUT2D eigenvalue weighted by molar-refractivity contribution is 0.370. The Labute approximate surface area is 157 Å². The molecule has 1 aromatic heterocycles. The van der Waals surface area contributed by atoms with Gasteiger partial charge in [0.1, 0.15) is 12.4 Å². The lowest BCUT2D eigenvalue weighted by Gasteiger charge is -2.04. The molecular formula is C19H15ClN2O3S. The van der Waals surface area contributed by atoms with Crippen LogP contribution in [0.5, 0.6) is 5.75 Å². The van der Waals surface area contributed by atoms with E-state index in [-0.39, 0.29) is 18.0 Å². The summed E-state index contributed by atoms with van der Waals surface area (Å²) in [6, 6.07) is 15.5. The fourth-order valence-electron chi connectivity index (χ4n) is 2.22. The second-order valence-corrected chi connectivity index (χ2v) is 7.49. The highest BCUT2D eigenvalue weighted by Gasteiger charge is 2.12. The van der Waals surface area contributed by atoms with E-state index < -0.39 is 10.0 Å². The number of hydrogen-bond acceptors (Lipinski definition) is 4. The summed E-state index contributed by atoms with van der Waals surface area (Å²) in [5.74, 6) is 6.15. The smallest absolute Gasteiger partial charge is 0.241 e. The standard InChI is InChI=1S/C19H15ClN2O3S/c20-16-6-3-7-18(13-16)26(23,24)22-11-1-2-12-25-17-9-8-15-5-4-10-21-19(15)14-17/h3-10,13-14,22H,11-12H2. The Morgan fingerprint density at radius 2 is 1.96 bits per heavy atom. The number of fused-ring (bicyclic) bond motifs is 1. The normalized spacial score (nSPS) is 11.0. The molecule has 0 unspecified atom stereocenters. The minimum atomic E-state index is -3.63. The Kier molecular flexibility index (Phi) is 5.74. The molecule has 3 rings (SSSR count). The molecule has 0 atom stereocenters. The SMILES string of the molecule is O=S(=O)(NCC#CCOc1ccc2cccnc2c1)c1cccc(Cl)c1. The summed E-state index contributed by atoms with van der Waals surface area (Å²) < 4.78 is 32.1. The van der Waals surface area contributed by atoms with Crippen molar-refractivity contribution in [3.05, 3.63) is 65.8 Å². The number of rotatable bonds is 5. The number of nitrogens with one attached hydrogen (secondary N) is 1. The number of ether oxygens (including phenoxy) is 1. The maximum atomic E-state index is 12.1. The molecule has 26 heavy (non-hydrogen) atoms. The van der Waals surface area contributed by atoms with E-state index in [1.165, 1.54) is 12.1 Å². The molecule has 0 aliphatic carbocycles. The van der Waals surface area contributed by atoms with Gasteiger partial charge in [-0.1, -0.05) is 35.6 Å². The lowest BCUT2D eigenvalue weighted by Crippen LogP contribution is -2.24. The molecule has 2 aromatic carbocycles. The van der Waals surface area contributed by atoms with Gasteiger partial charge in [0.25, 0.3) is 0 Å². The molecular weight excluding hydrogens is 372 g/mol. The Hall–Kier alpha value is -2.59. The van der Waals surface area contributed by atoms with Crippen LogP contribution in [0.15, 0.2) is 65.7 Å². The minimum absolute atomic E-state index is 0.0164. The molecule has 7 heteroatoms. The van der Waals surface area contributed by atoms with E-state index in [1.807, 2.05) is 30.3 Å². The number of halogens is 1. The van der Waals surface area contributed by atoms with Crippen LogP contribution in [0.3, 0.4) is 0 Å². The molecule has 0 bridgehead atoms. The highest BCUT2D eigenvalue weighted by Crippen LogP contribution is 2.18. The van der Waals surface area contributed by atoms with Crippen LogP contribution in [0.1, 0.15) is 0 Å². The van der Waals surface area contributed by atoms with Crippen molar-refractivity contribution in [1.82, 2.24) is 9.71 Å². The van der Waals surface area contributed by atoms with Gasteiger partial charge in [-0.2, -0.15) is 4.72 Å². The third-order valence-corrected chi connectivity index (χ3v) is 5.10. The molecule has 0 saturated heterocycles. The molecule has 0 amide bonds. The molecule has 0 radical (unpaired) electrons. The maximum absolute atomic E-state index is 12.1. The zero-order chi connectivity index (χ0) is 18.4. The summed E-state index contributed by atoms with van der Waals surface area (Å²) in [7, 11) is -3.63. The number of nitrogens with zero attached hydrogens (tertiary/aromatic N) is 1. The van der Waals surface area contributed by atoms with Gasteiger partial charge in [0.15, 0.2) is 0 Å². The van der Waals surface area contributed by atoms with Gasteiger partial charge in [0.05, 0.1) is 17.0 Å².